The first kappa shape index (κ1) is 11.2. The summed E-state index contributed by atoms with van der Waals surface area (Å²) >= 11 is 1.52. The maximum atomic E-state index is 9.52. The van der Waals surface area contributed by atoms with E-state index in [2.05, 4.69) is 0 Å². The van der Waals surface area contributed by atoms with Crippen molar-refractivity contribution in [1.82, 2.24) is 0 Å². The van der Waals surface area contributed by atoms with Gasteiger partial charge in [-0.05, 0) is 23.9 Å². The first-order valence-electron chi connectivity index (χ1n) is 5.19. The Hall–Kier alpha value is -1.32. The molecule has 0 fully saturated rings. The highest BCUT2D eigenvalue weighted by Crippen LogP contribution is 2.31. The van der Waals surface area contributed by atoms with Gasteiger partial charge in [0.05, 0.1) is 11.0 Å². The minimum Gasteiger partial charge on any atom is -0.488 e. The zero-order chi connectivity index (χ0) is 11.4. The largest absolute Gasteiger partial charge is 0.488 e. The van der Waals surface area contributed by atoms with Gasteiger partial charge in [-0.1, -0.05) is 30.3 Å². The molecule has 0 aliphatic carbocycles. The van der Waals surface area contributed by atoms with Crippen molar-refractivity contribution < 1.29 is 9.84 Å². The maximum absolute atomic E-state index is 9.52. The highest BCUT2D eigenvalue weighted by atomic mass is 32.1. The SMILES string of the molecule is CC(O)c1sccc1OCc1ccccc1. The average Bonchev–Trinajstić information content (AvgIpc) is 2.76. The van der Waals surface area contributed by atoms with Crippen LogP contribution in [0.3, 0.4) is 0 Å². The lowest BCUT2D eigenvalue weighted by Gasteiger charge is -2.08. The van der Waals surface area contributed by atoms with Crippen LogP contribution >= 0.6 is 11.3 Å². The van der Waals surface area contributed by atoms with Crippen LogP contribution in [0.1, 0.15) is 23.5 Å². The van der Waals surface area contributed by atoms with Crippen molar-refractivity contribution in [2.75, 3.05) is 0 Å². The van der Waals surface area contributed by atoms with Crippen molar-refractivity contribution in [3.8, 4) is 5.75 Å². The molecular formula is C13H14O2S. The minimum atomic E-state index is -0.467. The molecule has 3 heteroatoms. The third-order valence-electron chi connectivity index (χ3n) is 2.27. The Labute approximate surface area is 99.1 Å². The van der Waals surface area contributed by atoms with Crippen LogP contribution in [0.15, 0.2) is 41.8 Å². The average molecular weight is 234 g/mol. The number of ether oxygens (including phenoxy) is 1. The van der Waals surface area contributed by atoms with Crippen molar-refractivity contribution in [3.05, 3.63) is 52.2 Å². The molecule has 2 aromatic rings. The molecule has 1 aromatic heterocycles. The molecule has 0 radical (unpaired) electrons. The zero-order valence-corrected chi connectivity index (χ0v) is 9.91. The molecule has 0 spiro atoms. The number of thiophene rings is 1. The maximum Gasteiger partial charge on any atom is 0.136 e. The fraction of sp³-hybridized carbons (Fsp3) is 0.231. The molecule has 0 bridgehead atoms. The van der Waals surface area contributed by atoms with Gasteiger partial charge in [0.1, 0.15) is 12.4 Å². The highest BCUT2D eigenvalue weighted by Gasteiger charge is 2.10. The molecule has 0 aliphatic rings. The van der Waals surface area contributed by atoms with E-state index in [1.807, 2.05) is 41.8 Å². The van der Waals surface area contributed by atoms with Crippen LogP contribution in [0, 0.1) is 0 Å². The molecule has 84 valence electrons. The lowest BCUT2D eigenvalue weighted by atomic mass is 10.2. The number of hydrogen-bond acceptors (Lipinski definition) is 3. The molecule has 0 aliphatic heterocycles. The summed E-state index contributed by atoms with van der Waals surface area (Å²) in [6.45, 7) is 2.29. The van der Waals surface area contributed by atoms with Gasteiger partial charge in [0.25, 0.3) is 0 Å². The van der Waals surface area contributed by atoms with Crippen molar-refractivity contribution in [1.29, 1.82) is 0 Å². The fourth-order valence-electron chi connectivity index (χ4n) is 1.47. The second-order valence-corrected chi connectivity index (χ2v) is 4.55. The van der Waals surface area contributed by atoms with Gasteiger partial charge in [-0.2, -0.15) is 0 Å². The van der Waals surface area contributed by atoms with Gasteiger partial charge in [-0.15, -0.1) is 11.3 Å². The summed E-state index contributed by atoms with van der Waals surface area (Å²) in [6, 6.07) is 11.9. The predicted octanol–water partition coefficient (Wildman–Crippen LogP) is 3.38. The normalized spacial score (nSPS) is 12.4. The molecule has 1 N–H and O–H groups in total. The van der Waals surface area contributed by atoms with E-state index in [0.717, 1.165) is 16.2 Å². The summed E-state index contributed by atoms with van der Waals surface area (Å²) < 4.78 is 5.67. The number of aliphatic hydroxyl groups is 1. The van der Waals surface area contributed by atoms with Gasteiger partial charge in [-0.25, -0.2) is 0 Å². The van der Waals surface area contributed by atoms with Crippen LogP contribution < -0.4 is 4.74 Å². The molecule has 1 atom stereocenters. The Bertz CT molecular complexity index is 434. The van der Waals surface area contributed by atoms with Gasteiger partial charge in [0.2, 0.25) is 0 Å². The van der Waals surface area contributed by atoms with Crippen molar-refractivity contribution in [3.63, 3.8) is 0 Å². The third kappa shape index (κ3) is 2.62. The minimum absolute atomic E-state index is 0.467. The molecule has 0 saturated carbocycles. The Morgan fingerprint density at radius 3 is 2.69 bits per heavy atom. The van der Waals surface area contributed by atoms with E-state index in [9.17, 15) is 5.11 Å². The molecule has 16 heavy (non-hydrogen) atoms. The van der Waals surface area contributed by atoms with Gasteiger partial charge in [0.15, 0.2) is 0 Å². The van der Waals surface area contributed by atoms with E-state index in [-0.39, 0.29) is 0 Å². The van der Waals surface area contributed by atoms with Crippen molar-refractivity contribution >= 4 is 11.3 Å². The van der Waals surface area contributed by atoms with Crippen LogP contribution in [0.5, 0.6) is 5.75 Å². The lowest BCUT2D eigenvalue weighted by molar-refractivity contribution is 0.194. The summed E-state index contributed by atoms with van der Waals surface area (Å²) in [5.74, 6) is 0.781. The zero-order valence-electron chi connectivity index (χ0n) is 9.09. The van der Waals surface area contributed by atoms with Gasteiger partial charge >= 0.3 is 0 Å². The predicted molar refractivity (Wildman–Crippen MR) is 65.7 cm³/mol. The summed E-state index contributed by atoms with van der Waals surface area (Å²) in [4.78, 5) is 0.885. The van der Waals surface area contributed by atoms with E-state index in [1.165, 1.54) is 11.3 Å². The number of benzene rings is 1. The van der Waals surface area contributed by atoms with E-state index in [4.69, 9.17) is 4.74 Å². The van der Waals surface area contributed by atoms with Crippen LogP contribution in [0.2, 0.25) is 0 Å². The van der Waals surface area contributed by atoms with Gasteiger partial charge in [0, 0.05) is 0 Å². The fourth-order valence-corrected chi connectivity index (χ4v) is 2.25. The molecule has 1 unspecified atom stereocenters. The van der Waals surface area contributed by atoms with Crippen LogP contribution in [0.4, 0.5) is 0 Å². The second-order valence-electron chi connectivity index (χ2n) is 3.60. The summed E-state index contributed by atoms with van der Waals surface area (Å²) in [5, 5.41) is 11.5. The number of aliphatic hydroxyl groups excluding tert-OH is 1. The van der Waals surface area contributed by atoms with Crippen molar-refractivity contribution in [2.24, 2.45) is 0 Å². The third-order valence-corrected chi connectivity index (χ3v) is 3.34. The van der Waals surface area contributed by atoms with E-state index in [0.29, 0.717) is 6.61 Å². The molecule has 0 saturated heterocycles. The first-order chi connectivity index (χ1) is 7.77. The molecular weight excluding hydrogens is 220 g/mol. The number of hydrogen-bond donors (Lipinski definition) is 1. The standard InChI is InChI=1S/C13H14O2S/c1-10(14)13-12(7-8-16-13)15-9-11-5-3-2-4-6-11/h2-8,10,14H,9H2,1H3. The molecule has 2 nitrogen and oxygen atoms in total. The Balaban J connectivity index is 2.02. The quantitative estimate of drug-likeness (QED) is 0.878. The van der Waals surface area contributed by atoms with Crippen molar-refractivity contribution in [2.45, 2.75) is 19.6 Å². The van der Waals surface area contributed by atoms with Crippen LogP contribution in [0.25, 0.3) is 0 Å². The number of rotatable bonds is 4. The molecule has 2 rings (SSSR count). The van der Waals surface area contributed by atoms with E-state index in [1.54, 1.807) is 6.92 Å². The van der Waals surface area contributed by atoms with Gasteiger partial charge in [-0.3, -0.25) is 0 Å². The lowest BCUT2D eigenvalue weighted by Crippen LogP contribution is -1.97. The highest BCUT2D eigenvalue weighted by molar-refractivity contribution is 7.10. The summed E-state index contributed by atoms with van der Waals surface area (Å²) in [6.07, 6.45) is -0.467. The van der Waals surface area contributed by atoms with Crippen LogP contribution in [-0.2, 0) is 6.61 Å². The monoisotopic (exact) mass is 234 g/mol. The Kier molecular flexibility index (Phi) is 3.59. The molecule has 0 amide bonds. The first-order valence-corrected chi connectivity index (χ1v) is 6.07. The van der Waals surface area contributed by atoms with Crippen LogP contribution in [-0.4, -0.2) is 5.11 Å². The van der Waals surface area contributed by atoms with Gasteiger partial charge < -0.3 is 9.84 Å². The smallest absolute Gasteiger partial charge is 0.136 e. The summed E-state index contributed by atoms with van der Waals surface area (Å²) in [5.41, 5.74) is 1.13. The molecule has 1 aromatic carbocycles. The topological polar surface area (TPSA) is 29.5 Å². The Morgan fingerprint density at radius 2 is 2.00 bits per heavy atom. The summed E-state index contributed by atoms with van der Waals surface area (Å²) in [7, 11) is 0. The Morgan fingerprint density at radius 1 is 1.25 bits per heavy atom. The molecule has 1 heterocycles. The second kappa shape index (κ2) is 5.14. The van der Waals surface area contributed by atoms with E-state index < -0.39 is 6.10 Å². The van der Waals surface area contributed by atoms with E-state index >= 15 is 0 Å².